The van der Waals surface area contributed by atoms with Crippen molar-refractivity contribution in [2.24, 2.45) is 0 Å². The normalized spacial score (nSPS) is 19.1. The molecule has 1 rings (SSSR count). The van der Waals surface area contributed by atoms with Crippen LogP contribution in [0.3, 0.4) is 0 Å². The summed E-state index contributed by atoms with van der Waals surface area (Å²) >= 11 is 0. The second-order valence-electron chi connectivity index (χ2n) is 4.72. The molecule has 0 aromatic heterocycles. The summed E-state index contributed by atoms with van der Waals surface area (Å²) in [6, 6.07) is 0. The van der Waals surface area contributed by atoms with Crippen molar-refractivity contribution >= 4 is 5.78 Å². The largest absolute Gasteiger partial charge is 0.497 e. The summed E-state index contributed by atoms with van der Waals surface area (Å²) in [5.41, 5.74) is 0. The Kier molecular flexibility index (Phi) is 7.44. The number of hydrogen-bond acceptors (Lipinski definition) is 2. The van der Waals surface area contributed by atoms with E-state index in [2.05, 4.69) is 6.58 Å². The molecule has 0 radical (unpaired) electrons. The van der Waals surface area contributed by atoms with E-state index in [1.807, 2.05) is 6.08 Å². The average molecular weight is 236 g/mol. The third kappa shape index (κ3) is 6.98. The van der Waals surface area contributed by atoms with E-state index in [9.17, 15) is 4.79 Å². The molecule has 2 nitrogen and oxygen atoms in total. The second kappa shape index (κ2) is 9.03. The first-order chi connectivity index (χ1) is 8.33. The van der Waals surface area contributed by atoms with E-state index in [1.54, 1.807) is 6.26 Å². The standard InChI is InChI=1S/C15H24O2/c1-2-3-4-5-6-7-8-9-10-15-13-14(16)11-12-17-15/h2,11-12,15H,1,3-10,13H2. The predicted octanol–water partition coefficient (Wildman–Crippen LogP) is 4.16. The zero-order valence-electron chi connectivity index (χ0n) is 10.7. The topological polar surface area (TPSA) is 26.3 Å². The predicted molar refractivity (Wildman–Crippen MR) is 70.8 cm³/mol. The minimum atomic E-state index is 0.133. The van der Waals surface area contributed by atoms with E-state index < -0.39 is 0 Å². The summed E-state index contributed by atoms with van der Waals surface area (Å²) in [5.74, 6) is 0.200. The lowest BCUT2D eigenvalue weighted by atomic mass is 10.0. The first kappa shape index (κ1) is 14.0. The quantitative estimate of drug-likeness (QED) is 0.444. The molecule has 0 spiro atoms. The average Bonchev–Trinajstić information content (AvgIpc) is 2.33. The summed E-state index contributed by atoms with van der Waals surface area (Å²) in [4.78, 5) is 11.1. The van der Waals surface area contributed by atoms with Crippen LogP contribution in [0.25, 0.3) is 0 Å². The van der Waals surface area contributed by atoms with Crippen LogP contribution in [0, 0.1) is 0 Å². The van der Waals surface area contributed by atoms with Gasteiger partial charge in [0.25, 0.3) is 0 Å². The second-order valence-corrected chi connectivity index (χ2v) is 4.72. The van der Waals surface area contributed by atoms with E-state index in [-0.39, 0.29) is 11.9 Å². The molecule has 0 aliphatic carbocycles. The molecule has 0 aromatic rings. The summed E-state index contributed by atoms with van der Waals surface area (Å²) in [7, 11) is 0. The molecule has 0 amide bonds. The van der Waals surface area contributed by atoms with Gasteiger partial charge in [0.15, 0.2) is 5.78 Å². The van der Waals surface area contributed by atoms with Gasteiger partial charge < -0.3 is 4.74 Å². The first-order valence-electron chi connectivity index (χ1n) is 6.78. The summed E-state index contributed by atoms with van der Waals surface area (Å²) in [6.45, 7) is 3.72. The lowest BCUT2D eigenvalue weighted by Gasteiger charge is -2.18. The number of ketones is 1. The van der Waals surface area contributed by atoms with Gasteiger partial charge in [0.1, 0.15) is 6.10 Å². The highest BCUT2D eigenvalue weighted by Gasteiger charge is 2.15. The van der Waals surface area contributed by atoms with Gasteiger partial charge in [-0.15, -0.1) is 6.58 Å². The Bertz CT molecular complexity index is 256. The SMILES string of the molecule is C=CCCCCCCCCC1CC(=O)C=CO1. The number of ether oxygens (including phenoxy) is 1. The van der Waals surface area contributed by atoms with Crippen LogP contribution in [0.5, 0.6) is 0 Å². The van der Waals surface area contributed by atoms with Crippen LogP contribution in [-0.4, -0.2) is 11.9 Å². The maximum atomic E-state index is 11.1. The number of carbonyl (C=O) groups is 1. The zero-order valence-corrected chi connectivity index (χ0v) is 10.7. The Morgan fingerprint density at radius 3 is 2.65 bits per heavy atom. The van der Waals surface area contributed by atoms with Crippen molar-refractivity contribution in [2.75, 3.05) is 0 Å². The molecule has 1 unspecified atom stereocenters. The molecule has 0 saturated carbocycles. The molecule has 1 heterocycles. The molecule has 0 saturated heterocycles. The van der Waals surface area contributed by atoms with Crippen LogP contribution >= 0.6 is 0 Å². The fourth-order valence-electron chi connectivity index (χ4n) is 2.10. The van der Waals surface area contributed by atoms with Crippen LogP contribution in [0.4, 0.5) is 0 Å². The van der Waals surface area contributed by atoms with Crippen molar-refractivity contribution in [3.63, 3.8) is 0 Å². The third-order valence-electron chi connectivity index (χ3n) is 3.14. The summed E-state index contributed by atoms with van der Waals surface area (Å²) < 4.78 is 5.40. The van der Waals surface area contributed by atoms with Crippen LogP contribution in [-0.2, 0) is 9.53 Å². The molecule has 0 bridgehead atoms. The summed E-state index contributed by atoms with van der Waals surface area (Å²) in [5, 5.41) is 0. The van der Waals surface area contributed by atoms with Crippen molar-refractivity contribution in [2.45, 2.75) is 63.9 Å². The van der Waals surface area contributed by atoms with Crippen LogP contribution < -0.4 is 0 Å². The van der Waals surface area contributed by atoms with Gasteiger partial charge in [0.05, 0.1) is 6.26 Å². The van der Waals surface area contributed by atoms with Gasteiger partial charge in [-0.1, -0.05) is 31.8 Å². The molecule has 0 fully saturated rings. The molecule has 1 aliphatic rings. The maximum Gasteiger partial charge on any atom is 0.162 e. The van der Waals surface area contributed by atoms with Gasteiger partial charge >= 0.3 is 0 Å². The molecule has 17 heavy (non-hydrogen) atoms. The number of allylic oxidation sites excluding steroid dienone is 2. The smallest absolute Gasteiger partial charge is 0.162 e. The molecular weight excluding hydrogens is 212 g/mol. The lowest BCUT2D eigenvalue weighted by molar-refractivity contribution is -0.118. The Balaban J connectivity index is 1.89. The minimum Gasteiger partial charge on any atom is -0.497 e. The van der Waals surface area contributed by atoms with Gasteiger partial charge in [0.2, 0.25) is 0 Å². The molecule has 96 valence electrons. The van der Waals surface area contributed by atoms with E-state index in [0.717, 1.165) is 12.8 Å². The number of carbonyl (C=O) groups excluding carboxylic acids is 1. The molecule has 1 aliphatic heterocycles. The molecule has 0 aromatic carbocycles. The van der Waals surface area contributed by atoms with Gasteiger partial charge in [-0.05, 0) is 25.7 Å². The zero-order chi connectivity index (χ0) is 12.3. The minimum absolute atomic E-state index is 0.133. The molecular formula is C15H24O2. The van der Waals surface area contributed by atoms with Crippen LogP contribution in [0.15, 0.2) is 25.0 Å². The van der Waals surface area contributed by atoms with Crippen molar-refractivity contribution in [3.8, 4) is 0 Å². The fourth-order valence-corrected chi connectivity index (χ4v) is 2.10. The lowest BCUT2D eigenvalue weighted by Crippen LogP contribution is -2.18. The van der Waals surface area contributed by atoms with Crippen molar-refractivity contribution < 1.29 is 9.53 Å². The number of hydrogen-bond donors (Lipinski definition) is 0. The highest BCUT2D eigenvalue weighted by atomic mass is 16.5. The van der Waals surface area contributed by atoms with E-state index in [4.69, 9.17) is 4.74 Å². The molecule has 0 N–H and O–H groups in total. The van der Waals surface area contributed by atoms with Crippen LogP contribution in [0.1, 0.15) is 57.8 Å². The number of rotatable bonds is 9. The Morgan fingerprint density at radius 2 is 1.94 bits per heavy atom. The van der Waals surface area contributed by atoms with Crippen molar-refractivity contribution in [1.82, 2.24) is 0 Å². The van der Waals surface area contributed by atoms with E-state index >= 15 is 0 Å². The van der Waals surface area contributed by atoms with Crippen molar-refractivity contribution in [3.05, 3.63) is 25.0 Å². The van der Waals surface area contributed by atoms with Crippen molar-refractivity contribution in [1.29, 1.82) is 0 Å². The van der Waals surface area contributed by atoms with Gasteiger partial charge in [-0.2, -0.15) is 0 Å². The van der Waals surface area contributed by atoms with E-state index in [1.165, 1.54) is 44.6 Å². The third-order valence-corrected chi connectivity index (χ3v) is 3.14. The Morgan fingerprint density at radius 1 is 1.24 bits per heavy atom. The van der Waals surface area contributed by atoms with E-state index in [0.29, 0.717) is 6.42 Å². The molecule has 2 heteroatoms. The highest BCUT2D eigenvalue weighted by Crippen LogP contribution is 2.16. The highest BCUT2D eigenvalue weighted by molar-refractivity contribution is 5.90. The van der Waals surface area contributed by atoms with Gasteiger partial charge in [-0.3, -0.25) is 4.79 Å². The van der Waals surface area contributed by atoms with Gasteiger partial charge in [-0.25, -0.2) is 0 Å². The fraction of sp³-hybridized carbons (Fsp3) is 0.667. The maximum absolute atomic E-state index is 11.1. The molecule has 1 atom stereocenters. The Hall–Kier alpha value is -1.05. The van der Waals surface area contributed by atoms with Gasteiger partial charge in [0, 0.05) is 12.5 Å². The van der Waals surface area contributed by atoms with Crippen LogP contribution in [0.2, 0.25) is 0 Å². The Labute approximate surface area is 105 Å². The monoisotopic (exact) mass is 236 g/mol. The summed E-state index contributed by atoms with van der Waals surface area (Å²) in [6.07, 6.45) is 15.6. The first-order valence-corrected chi connectivity index (χ1v) is 6.78. The number of unbranched alkanes of at least 4 members (excludes halogenated alkanes) is 6.